The van der Waals surface area contributed by atoms with E-state index in [0.29, 0.717) is 5.92 Å². The monoisotopic (exact) mass is 224 g/mol. The summed E-state index contributed by atoms with van der Waals surface area (Å²) in [4.78, 5) is 2.24. The van der Waals surface area contributed by atoms with E-state index in [9.17, 15) is 0 Å². The normalized spacial score (nSPS) is 32.8. The third-order valence-electron chi connectivity index (χ3n) is 3.75. The van der Waals surface area contributed by atoms with Crippen LogP contribution >= 0.6 is 0 Å². The molecule has 3 heteroatoms. The lowest BCUT2D eigenvalue weighted by molar-refractivity contribution is -0.0497. The molecule has 0 spiro atoms. The largest absolute Gasteiger partial charge is 0.372 e. The maximum Gasteiger partial charge on any atom is 0.0991 e. The molecular weight excluding hydrogens is 200 g/mol. The second-order valence-electron chi connectivity index (χ2n) is 5.38. The van der Waals surface area contributed by atoms with Crippen molar-refractivity contribution >= 4 is 5.84 Å². The van der Waals surface area contributed by atoms with Crippen molar-refractivity contribution in [3.8, 4) is 0 Å². The van der Waals surface area contributed by atoms with Crippen LogP contribution < -0.4 is 0 Å². The molecule has 0 bridgehead atoms. The zero-order chi connectivity index (χ0) is 11.5. The summed E-state index contributed by atoms with van der Waals surface area (Å²) in [5.74, 6) is 1.40. The van der Waals surface area contributed by atoms with Gasteiger partial charge < -0.3 is 9.64 Å². The molecule has 2 fully saturated rings. The first-order valence-electron chi connectivity index (χ1n) is 6.65. The Labute approximate surface area is 98.7 Å². The van der Waals surface area contributed by atoms with Crippen molar-refractivity contribution in [3.05, 3.63) is 0 Å². The number of rotatable bonds is 1. The van der Waals surface area contributed by atoms with Crippen LogP contribution in [-0.2, 0) is 4.74 Å². The maximum absolute atomic E-state index is 8.33. The van der Waals surface area contributed by atoms with Crippen molar-refractivity contribution < 1.29 is 4.74 Å². The minimum absolute atomic E-state index is 0.271. The number of ether oxygens (including phenoxy) is 1. The van der Waals surface area contributed by atoms with E-state index in [-0.39, 0.29) is 12.2 Å². The Morgan fingerprint density at radius 3 is 2.19 bits per heavy atom. The van der Waals surface area contributed by atoms with Crippen LogP contribution in [0.1, 0.15) is 46.0 Å². The molecule has 2 aliphatic rings. The third kappa shape index (κ3) is 2.76. The van der Waals surface area contributed by atoms with Crippen molar-refractivity contribution in [2.45, 2.75) is 58.2 Å². The molecule has 0 amide bonds. The molecule has 0 radical (unpaired) electrons. The molecule has 2 atom stereocenters. The molecule has 1 heterocycles. The highest BCUT2D eigenvalue weighted by Crippen LogP contribution is 2.26. The van der Waals surface area contributed by atoms with Gasteiger partial charge in [0.25, 0.3) is 0 Å². The Balaban J connectivity index is 1.92. The van der Waals surface area contributed by atoms with Crippen molar-refractivity contribution in [2.75, 3.05) is 13.1 Å². The Morgan fingerprint density at radius 2 is 1.62 bits per heavy atom. The summed E-state index contributed by atoms with van der Waals surface area (Å²) >= 11 is 0. The first-order chi connectivity index (χ1) is 7.66. The minimum atomic E-state index is 0.271. The number of morpholine rings is 1. The Kier molecular flexibility index (Phi) is 3.85. The molecule has 0 unspecified atom stereocenters. The summed E-state index contributed by atoms with van der Waals surface area (Å²) in [7, 11) is 0. The van der Waals surface area contributed by atoms with Crippen molar-refractivity contribution in [1.29, 1.82) is 5.41 Å². The minimum Gasteiger partial charge on any atom is -0.372 e. The van der Waals surface area contributed by atoms with Crippen LogP contribution in [0.5, 0.6) is 0 Å². The molecule has 1 saturated carbocycles. The van der Waals surface area contributed by atoms with Crippen LogP contribution in [0.15, 0.2) is 0 Å². The molecule has 1 N–H and O–H groups in total. The van der Waals surface area contributed by atoms with Gasteiger partial charge in [-0.15, -0.1) is 0 Å². The van der Waals surface area contributed by atoms with Gasteiger partial charge in [0.2, 0.25) is 0 Å². The van der Waals surface area contributed by atoms with E-state index < -0.39 is 0 Å². The van der Waals surface area contributed by atoms with Gasteiger partial charge in [-0.2, -0.15) is 0 Å². The molecular formula is C13H24N2O. The summed E-state index contributed by atoms with van der Waals surface area (Å²) in [6, 6.07) is 0. The van der Waals surface area contributed by atoms with Gasteiger partial charge in [-0.25, -0.2) is 0 Å². The van der Waals surface area contributed by atoms with Gasteiger partial charge >= 0.3 is 0 Å². The number of hydrogen-bond acceptors (Lipinski definition) is 2. The predicted molar refractivity (Wildman–Crippen MR) is 65.9 cm³/mol. The van der Waals surface area contributed by atoms with Gasteiger partial charge in [-0.05, 0) is 26.7 Å². The molecule has 3 nitrogen and oxygen atoms in total. The zero-order valence-electron chi connectivity index (χ0n) is 10.5. The van der Waals surface area contributed by atoms with E-state index in [2.05, 4.69) is 18.7 Å². The quantitative estimate of drug-likeness (QED) is 0.549. The molecule has 2 rings (SSSR count). The van der Waals surface area contributed by atoms with E-state index in [1.807, 2.05) is 0 Å². The Hall–Kier alpha value is -0.570. The first kappa shape index (κ1) is 11.9. The van der Waals surface area contributed by atoms with Gasteiger partial charge in [0.15, 0.2) is 0 Å². The topological polar surface area (TPSA) is 36.3 Å². The van der Waals surface area contributed by atoms with Crippen LogP contribution in [0.2, 0.25) is 0 Å². The number of hydrogen-bond donors (Lipinski definition) is 1. The lowest BCUT2D eigenvalue weighted by Gasteiger charge is -2.39. The number of nitrogens with one attached hydrogen (secondary N) is 1. The van der Waals surface area contributed by atoms with Crippen molar-refractivity contribution in [1.82, 2.24) is 4.90 Å². The van der Waals surface area contributed by atoms with Crippen LogP contribution in [0.25, 0.3) is 0 Å². The number of nitrogens with zero attached hydrogens (tertiary/aromatic N) is 1. The highest BCUT2D eigenvalue weighted by Gasteiger charge is 2.28. The summed E-state index contributed by atoms with van der Waals surface area (Å²) in [6.07, 6.45) is 6.96. The smallest absolute Gasteiger partial charge is 0.0991 e. The average Bonchev–Trinajstić information content (AvgIpc) is 2.28. The van der Waals surface area contributed by atoms with Gasteiger partial charge in [-0.1, -0.05) is 19.3 Å². The summed E-state index contributed by atoms with van der Waals surface area (Å²) in [5, 5.41) is 8.33. The average molecular weight is 224 g/mol. The van der Waals surface area contributed by atoms with Crippen LogP contribution in [0.3, 0.4) is 0 Å². The molecule has 16 heavy (non-hydrogen) atoms. The first-order valence-corrected chi connectivity index (χ1v) is 6.65. The van der Waals surface area contributed by atoms with Crippen LogP contribution in [-0.4, -0.2) is 36.0 Å². The Bertz CT molecular complexity index is 238. The summed E-state index contributed by atoms with van der Waals surface area (Å²) in [6.45, 7) is 6.02. The fourth-order valence-corrected chi connectivity index (χ4v) is 3.01. The Morgan fingerprint density at radius 1 is 1.06 bits per heavy atom. The van der Waals surface area contributed by atoms with E-state index in [0.717, 1.165) is 18.9 Å². The summed E-state index contributed by atoms with van der Waals surface area (Å²) < 4.78 is 5.72. The fraction of sp³-hybridized carbons (Fsp3) is 0.923. The maximum atomic E-state index is 8.33. The second kappa shape index (κ2) is 5.17. The SMILES string of the molecule is C[C@@H]1CN(C(=N)C2CCCCC2)C[C@H](C)O1. The van der Waals surface area contributed by atoms with E-state index in [4.69, 9.17) is 10.1 Å². The van der Waals surface area contributed by atoms with Gasteiger partial charge in [-0.3, -0.25) is 5.41 Å². The molecule has 1 aliphatic heterocycles. The van der Waals surface area contributed by atoms with Gasteiger partial charge in [0.05, 0.1) is 18.0 Å². The van der Waals surface area contributed by atoms with E-state index in [1.54, 1.807) is 0 Å². The standard InChI is InChI=1S/C13H24N2O/c1-10-8-15(9-11(2)16-10)13(14)12-6-4-3-5-7-12/h10-12,14H,3-9H2,1-2H3/t10-,11+. The summed E-state index contributed by atoms with van der Waals surface area (Å²) in [5.41, 5.74) is 0. The predicted octanol–water partition coefficient (Wildman–Crippen LogP) is 2.65. The molecule has 0 aromatic rings. The molecule has 1 saturated heterocycles. The lowest BCUT2D eigenvalue weighted by atomic mass is 9.87. The highest BCUT2D eigenvalue weighted by molar-refractivity contribution is 5.81. The highest BCUT2D eigenvalue weighted by atomic mass is 16.5. The van der Waals surface area contributed by atoms with E-state index in [1.165, 1.54) is 32.1 Å². The molecule has 0 aromatic carbocycles. The van der Waals surface area contributed by atoms with E-state index >= 15 is 0 Å². The zero-order valence-corrected chi connectivity index (χ0v) is 10.5. The second-order valence-corrected chi connectivity index (χ2v) is 5.38. The molecule has 1 aliphatic carbocycles. The van der Waals surface area contributed by atoms with Crippen LogP contribution in [0, 0.1) is 11.3 Å². The van der Waals surface area contributed by atoms with Gasteiger partial charge in [0.1, 0.15) is 0 Å². The lowest BCUT2D eigenvalue weighted by Crippen LogP contribution is -2.50. The van der Waals surface area contributed by atoms with Crippen molar-refractivity contribution in [3.63, 3.8) is 0 Å². The fourth-order valence-electron chi connectivity index (χ4n) is 3.01. The number of amidine groups is 1. The molecule has 0 aromatic heterocycles. The van der Waals surface area contributed by atoms with Crippen LogP contribution in [0.4, 0.5) is 0 Å². The van der Waals surface area contributed by atoms with Crippen molar-refractivity contribution in [2.24, 2.45) is 5.92 Å². The third-order valence-corrected chi connectivity index (χ3v) is 3.75. The molecule has 92 valence electrons. The van der Waals surface area contributed by atoms with Gasteiger partial charge in [0, 0.05) is 19.0 Å².